The molecule has 2 fully saturated rings. The summed E-state index contributed by atoms with van der Waals surface area (Å²) in [6.45, 7) is 3.65. The Morgan fingerprint density at radius 2 is 1.94 bits per heavy atom. The van der Waals surface area contributed by atoms with Gasteiger partial charge in [0.05, 0.1) is 11.8 Å². The minimum Gasteiger partial charge on any atom is -0.507 e. The first-order valence-electron chi connectivity index (χ1n) is 16.2. The van der Waals surface area contributed by atoms with Crippen LogP contribution >= 0.6 is 21.6 Å². The van der Waals surface area contributed by atoms with Crippen LogP contribution in [0.3, 0.4) is 0 Å². The van der Waals surface area contributed by atoms with Crippen molar-refractivity contribution in [1.82, 2.24) is 9.97 Å². The van der Waals surface area contributed by atoms with Gasteiger partial charge in [0, 0.05) is 58.9 Å². The zero-order valence-corrected chi connectivity index (χ0v) is 28.2. The molecule has 8 rings (SSSR count). The van der Waals surface area contributed by atoms with Gasteiger partial charge in [-0.25, -0.2) is 14.8 Å². The van der Waals surface area contributed by atoms with Crippen LogP contribution in [0.1, 0.15) is 67.4 Å². The number of fused-ring (bicyclic) bond motifs is 8. The lowest BCUT2D eigenvalue weighted by atomic mass is 9.74. The highest BCUT2D eigenvalue weighted by Gasteiger charge is 2.65. The van der Waals surface area contributed by atoms with Gasteiger partial charge in [-0.15, -0.1) is 0 Å². The number of nitrogen functional groups attached to an aromatic ring is 2. The Bertz CT molecular complexity index is 2040. The standard InChI is InChI=1S/C35H36N4O7S2/c1-17-12-23(40)29-24(43-17)15-25-28(30(29)41)20-4-3-8-35-26(46-35)6-5-18-13-22(39-27(36)14-18)19-7-10-38-32(37)21(19)16-48-47-11-9-34(2,45-25)31(20)44-33(35)42/h7,10,12-15,20,26,31,41H,3-6,8-9,11,16H2,1-2H3,(H2,36,39)(H2,37,38). The van der Waals surface area contributed by atoms with Crippen LogP contribution in [0.25, 0.3) is 22.2 Å². The number of ether oxygens (including phenoxy) is 3. The Hall–Kier alpha value is -3.94. The molecule has 5 atom stereocenters. The number of nitrogens with two attached hydrogens (primary N) is 2. The Labute approximate surface area is 284 Å². The fraction of sp³-hybridized carbons (Fsp3) is 0.429. The van der Waals surface area contributed by atoms with Crippen molar-refractivity contribution in [2.75, 3.05) is 17.2 Å². The molecule has 0 saturated carbocycles. The highest BCUT2D eigenvalue weighted by atomic mass is 33.1. The molecule has 4 aliphatic heterocycles. The summed E-state index contributed by atoms with van der Waals surface area (Å²) in [5.74, 6) is 1.97. The lowest BCUT2D eigenvalue weighted by Gasteiger charge is -2.47. The fourth-order valence-electron chi connectivity index (χ4n) is 7.75. The molecule has 4 bridgehead atoms. The van der Waals surface area contributed by atoms with Crippen molar-refractivity contribution >= 4 is 50.2 Å². The number of carbonyl (C=O) groups is 1. The molecule has 11 nitrogen and oxygen atoms in total. The van der Waals surface area contributed by atoms with Crippen LogP contribution in [-0.2, 0) is 26.4 Å². The van der Waals surface area contributed by atoms with Crippen molar-refractivity contribution < 1.29 is 28.5 Å². The molecular weight excluding hydrogens is 653 g/mol. The van der Waals surface area contributed by atoms with E-state index >= 15 is 0 Å². The predicted octanol–water partition coefficient (Wildman–Crippen LogP) is 5.81. The first-order valence-corrected chi connectivity index (χ1v) is 18.7. The Balaban J connectivity index is 1.19. The first kappa shape index (κ1) is 31.3. The van der Waals surface area contributed by atoms with Gasteiger partial charge in [-0.3, -0.25) is 4.79 Å². The van der Waals surface area contributed by atoms with Gasteiger partial charge in [-0.05, 0) is 69.7 Å². The molecule has 4 aromatic rings. The van der Waals surface area contributed by atoms with Crippen molar-refractivity contribution in [2.45, 2.75) is 87.5 Å². The van der Waals surface area contributed by atoms with Crippen molar-refractivity contribution in [2.24, 2.45) is 0 Å². The summed E-state index contributed by atoms with van der Waals surface area (Å²) in [4.78, 5) is 36.1. The summed E-state index contributed by atoms with van der Waals surface area (Å²) >= 11 is 0. The van der Waals surface area contributed by atoms with Gasteiger partial charge in [0.15, 0.2) is 11.0 Å². The molecule has 48 heavy (non-hydrogen) atoms. The molecule has 0 aliphatic carbocycles. The second-order valence-electron chi connectivity index (χ2n) is 13.3. The molecule has 3 aromatic heterocycles. The largest absolute Gasteiger partial charge is 0.507 e. The third kappa shape index (κ3) is 5.17. The highest BCUT2D eigenvalue weighted by molar-refractivity contribution is 8.76. The molecule has 1 spiro atoms. The maximum atomic E-state index is 14.1. The molecule has 7 heterocycles. The number of phenolic OH excluding ortho intramolecular Hbond substituents is 1. The normalized spacial score (nSPS) is 28.4. The number of phenols is 1. The van der Waals surface area contributed by atoms with Gasteiger partial charge in [0.2, 0.25) is 0 Å². The molecule has 5 unspecified atom stereocenters. The second kappa shape index (κ2) is 11.6. The maximum Gasteiger partial charge on any atom is 0.341 e. The number of aromatic hydroxyl groups is 1. The smallest absolute Gasteiger partial charge is 0.341 e. The third-order valence-corrected chi connectivity index (χ3v) is 12.5. The van der Waals surface area contributed by atoms with Gasteiger partial charge < -0.3 is 35.2 Å². The van der Waals surface area contributed by atoms with Gasteiger partial charge >= 0.3 is 5.97 Å². The van der Waals surface area contributed by atoms with Gasteiger partial charge in [-0.1, -0.05) is 21.6 Å². The molecular formula is C35H36N4O7S2. The van der Waals surface area contributed by atoms with Gasteiger partial charge in [0.25, 0.3) is 0 Å². The topological polar surface area (TPSA) is 176 Å². The average Bonchev–Trinajstić information content (AvgIpc) is 3.74. The van der Waals surface area contributed by atoms with E-state index in [1.165, 1.54) is 6.07 Å². The average molecular weight is 689 g/mol. The zero-order valence-electron chi connectivity index (χ0n) is 26.6. The predicted molar refractivity (Wildman–Crippen MR) is 185 cm³/mol. The van der Waals surface area contributed by atoms with E-state index < -0.39 is 29.2 Å². The number of carbonyl (C=O) groups excluding carboxylic acids is 1. The number of anilines is 2. The van der Waals surface area contributed by atoms with Crippen molar-refractivity contribution in [3.63, 3.8) is 0 Å². The molecule has 0 amide bonds. The highest BCUT2D eigenvalue weighted by Crippen LogP contribution is 2.55. The van der Waals surface area contributed by atoms with E-state index in [1.807, 2.05) is 25.1 Å². The van der Waals surface area contributed by atoms with E-state index in [4.69, 9.17) is 30.1 Å². The van der Waals surface area contributed by atoms with Crippen LogP contribution in [0.2, 0.25) is 0 Å². The maximum absolute atomic E-state index is 14.1. The molecule has 0 radical (unpaired) electrons. The number of nitrogens with zero attached hydrogens (tertiary/aromatic N) is 2. The van der Waals surface area contributed by atoms with E-state index in [0.29, 0.717) is 78.7 Å². The number of pyridine rings is 2. The minimum atomic E-state index is -1.04. The number of esters is 1. The van der Waals surface area contributed by atoms with Gasteiger partial charge in [0.1, 0.15) is 51.6 Å². The van der Waals surface area contributed by atoms with E-state index in [1.54, 1.807) is 40.8 Å². The summed E-state index contributed by atoms with van der Waals surface area (Å²) in [6, 6.07) is 8.85. The molecule has 2 saturated heterocycles. The molecule has 5 N–H and O–H groups in total. The Morgan fingerprint density at radius 1 is 1.08 bits per heavy atom. The van der Waals surface area contributed by atoms with Crippen molar-refractivity contribution in [1.29, 1.82) is 0 Å². The number of hydrogen-bond acceptors (Lipinski definition) is 13. The number of benzene rings is 1. The van der Waals surface area contributed by atoms with Crippen molar-refractivity contribution in [3.05, 3.63) is 69.2 Å². The van der Waals surface area contributed by atoms with Crippen molar-refractivity contribution in [3.8, 4) is 22.8 Å². The first-order chi connectivity index (χ1) is 23.1. The molecule has 1 aromatic carbocycles. The van der Waals surface area contributed by atoms with Crippen LogP contribution in [0, 0.1) is 6.92 Å². The number of aromatic nitrogens is 2. The minimum absolute atomic E-state index is 0.100. The zero-order chi connectivity index (χ0) is 33.4. The van der Waals surface area contributed by atoms with E-state index in [0.717, 1.165) is 22.4 Å². The summed E-state index contributed by atoms with van der Waals surface area (Å²) < 4.78 is 25.2. The Morgan fingerprint density at radius 3 is 2.79 bits per heavy atom. The SMILES string of the molecule is Cc1cc(=O)c2c(O)c3c(cc2o1)OC1(C)CCSSCc2c(ccnc2N)-c2cc(cc(N)n2)CCC2OC24CCCC3C1OC4=O. The second-order valence-corrected chi connectivity index (χ2v) is 15.9. The summed E-state index contributed by atoms with van der Waals surface area (Å²) in [6.07, 6.45) is 4.14. The molecule has 13 heteroatoms. The van der Waals surface area contributed by atoms with Crippen LogP contribution in [0.15, 0.2) is 45.7 Å². The number of hydrogen-bond donors (Lipinski definition) is 3. The van der Waals surface area contributed by atoms with Crippen LogP contribution in [0.4, 0.5) is 11.6 Å². The van der Waals surface area contributed by atoms with Crippen LogP contribution in [0.5, 0.6) is 11.5 Å². The lowest BCUT2D eigenvalue weighted by Crippen LogP contribution is -2.55. The number of epoxide rings is 1. The Kier molecular flexibility index (Phi) is 7.57. The molecule has 250 valence electrons. The van der Waals surface area contributed by atoms with E-state index in [9.17, 15) is 14.7 Å². The lowest BCUT2D eigenvalue weighted by molar-refractivity contribution is -0.175. The monoisotopic (exact) mass is 688 g/mol. The molecule has 4 aliphatic rings. The van der Waals surface area contributed by atoms with Gasteiger partial charge in [-0.2, -0.15) is 0 Å². The van der Waals surface area contributed by atoms with Crippen LogP contribution < -0.4 is 21.6 Å². The number of aryl methyl sites for hydroxylation is 2. The number of rotatable bonds is 0. The summed E-state index contributed by atoms with van der Waals surface area (Å²) in [5.41, 5.74) is 14.6. The van der Waals surface area contributed by atoms with Crippen LogP contribution in [-0.4, -0.2) is 50.2 Å². The van der Waals surface area contributed by atoms with E-state index in [-0.39, 0.29) is 28.3 Å². The van der Waals surface area contributed by atoms with E-state index in [2.05, 4.69) is 9.97 Å². The summed E-state index contributed by atoms with van der Waals surface area (Å²) in [7, 11) is 3.30. The third-order valence-electron chi connectivity index (χ3n) is 10.2. The quantitative estimate of drug-likeness (QED) is 0.115. The summed E-state index contributed by atoms with van der Waals surface area (Å²) in [5, 5.41) is 11.7. The fourth-order valence-corrected chi connectivity index (χ4v) is 10.1.